The zero-order chi connectivity index (χ0) is 8.69. The fraction of sp³-hybridized carbons (Fsp3) is 0. The van der Waals surface area contributed by atoms with E-state index in [-0.39, 0.29) is 0 Å². The molecule has 0 atom stereocenters. The third kappa shape index (κ3) is 3.79. The maximum Gasteiger partial charge on any atom is 0.363 e. The summed E-state index contributed by atoms with van der Waals surface area (Å²) in [5, 5.41) is 8.38. The Kier molecular flexibility index (Phi) is 5.49. The Morgan fingerprint density at radius 3 is 1.91 bits per heavy atom. The van der Waals surface area contributed by atoms with E-state index in [4.69, 9.17) is 9.26 Å². The summed E-state index contributed by atoms with van der Waals surface area (Å²) in [5.74, 6) is -0.879. The molecular weight excluding hydrogens is 159 g/mol. The van der Waals surface area contributed by atoms with Crippen molar-refractivity contribution in [3.8, 4) is 0 Å². The average Bonchev–Trinajstić information content (AvgIpc) is 2.10. The Morgan fingerprint density at radius 1 is 1.18 bits per heavy atom. The molecule has 0 aliphatic rings. The lowest BCUT2D eigenvalue weighted by molar-refractivity contribution is 0.0697. The SMILES string of the molecule is O=C(O)c1ccccc1.[OH][Al]. The molecule has 11 heavy (non-hydrogen) atoms. The van der Waals surface area contributed by atoms with Crippen LogP contribution >= 0.6 is 0 Å². The number of hydrogen-bond donors (Lipinski definition) is 2. The Morgan fingerprint density at radius 2 is 1.64 bits per heavy atom. The monoisotopic (exact) mass is 166 g/mol. The van der Waals surface area contributed by atoms with Crippen LogP contribution in [0, 0.1) is 0 Å². The van der Waals surface area contributed by atoms with Gasteiger partial charge in [-0.2, -0.15) is 0 Å². The molecule has 3 nitrogen and oxygen atoms in total. The highest BCUT2D eigenvalue weighted by molar-refractivity contribution is 5.95. The molecule has 0 aliphatic carbocycles. The summed E-state index contributed by atoms with van der Waals surface area (Å²) < 4.78 is 6.92. The van der Waals surface area contributed by atoms with E-state index in [9.17, 15) is 4.79 Å². The molecular formula is C7H7AlO3. The Bertz CT molecular complexity index is 210. The summed E-state index contributed by atoms with van der Waals surface area (Å²) in [4.78, 5) is 10.2. The number of carboxylic acid groups (broad SMARTS) is 1. The van der Waals surface area contributed by atoms with Crippen molar-refractivity contribution in [2.75, 3.05) is 0 Å². The van der Waals surface area contributed by atoms with Crippen LogP contribution in [0.15, 0.2) is 30.3 Å². The van der Waals surface area contributed by atoms with Crippen LogP contribution in [0.3, 0.4) is 0 Å². The third-order valence-electron chi connectivity index (χ3n) is 1.02. The molecule has 0 saturated heterocycles. The van der Waals surface area contributed by atoms with Gasteiger partial charge in [0.05, 0.1) is 5.56 Å². The van der Waals surface area contributed by atoms with Gasteiger partial charge in [-0.3, -0.25) is 0 Å². The summed E-state index contributed by atoms with van der Waals surface area (Å²) in [6.07, 6.45) is 0. The van der Waals surface area contributed by atoms with Crippen molar-refractivity contribution in [2.24, 2.45) is 0 Å². The highest BCUT2D eigenvalue weighted by atomic mass is 27.1. The smallest absolute Gasteiger partial charge is 0.363 e. The number of benzene rings is 1. The molecule has 0 aliphatic heterocycles. The van der Waals surface area contributed by atoms with E-state index in [0.29, 0.717) is 5.56 Å². The molecule has 2 N–H and O–H groups in total. The normalized spacial score (nSPS) is 7.73. The maximum atomic E-state index is 10.2. The van der Waals surface area contributed by atoms with Gasteiger partial charge >= 0.3 is 22.6 Å². The Hall–Kier alpha value is -0.818. The molecule has 0 saturated carbocycles. The molecule has 4 heteroatoms. The van der Waals surface area contributed by atoms with E-state index >= 15 is 0 Å². The number of aromatic carboxylic acids is 1. The Labute approximate surface area is 73.1 Å². The molecule has 0 bridgehead atoms. The Balaban J connectivity index is 0.000000461. The quantitative estimate of drug-likeness (QED) is 0.595. The molecule has 0 heterocycles. The minimum Gasteiger partial charge on any atom is -0.529 e. The summed E-state index contributed by atoms with van der Waals surface area (Å²) in [5.41, 5.74) is 0.331. The highest BCUT2D eigenvalue weighted by Gasteiger charge is 1.96. The topological polar surface area (TPSA) is 57.5 Å². The van der Waals surface area contributed by atoms with E-state index in [1.54, 1.807) is 30.3 Å². The first-order chi connectivity index (χ1) is 5.30. The summed E-state index contributed by atoms with van der Waals surface area (Å²) in [6, 6.07) is 8.30. The summed E-state index contributed by atoms with van der Waals surface area (Å²) in [7, 11) is 0. The van der Waals surface area contributed by atoms with Crippen molar-refractivity contribution in [1.29, 1.82) is 0 Å². The van der Waals surface area contributed by atoms with Crippen LogP contribution in [-0.4, -0.2) is 31.9 Å². The lowest BCUT2D eigenvalue weighted by Crippen LogP contribution is -1.93. The van der Waals surface area contributed by atoms with Gasteiger partial charge in [0, 0.05) is 0 Å². The van der Waals surface area contributed by atoms with E-state index < -0.39 is 5.97 Å². The minimum atomic E-state index is -0.879. The van der Waals surface area contributed by atoms with Gasteiger partial charge < -0.3 is 9.26 Å². The van der Waals surface area contributed by atoms with Gasteiger partial charge in [0.25, 0.3) is 0 Å². The van der Waals surface area contributed by atoms with Gasteiger partial charge in [-0.05, 0) is 12.1 Å². The maximum absolute atomic E-state index is 10.2. The number of rotatable bonds is 1. The van der Waals surface area contributed by atoms with Gasteiger partial charge in [-0.25, -0.2) is 4.79 Å². The minimum absolute atomic E-state index is 0.331. The second-order valence-electron chi connectivity index (χ2n) is 1.67. The molecule has 0 amide bonds. The molecule has 0 spiro atoms. The lowest BCUT2D eigenvalue weighted by Gasteiger charge is -1.88. The van der Waals surface area contributed by atoms with Crippen molar-refractivity contribution in [2.45, 2.75) is 0 Å². The predicted molar refractivity (Wildman–Crippen MR) is 41.4 cm³/mol. The van der Waals surface area contributed by atoms with Crippen LogP contribution in [0.25, 0.3) is 0 Å². The standard InChI is InChI=1S/C7H6O2.Al.H2O/c8-7(9)6-4-2-1-3-5-6;;/h1-5H,(H,8,9);;1H2/q;+1;/p-1. The lowest BCUT2D eigenvalue weighted by atomic mass is 10.2. The average molecular weight is 166 g/mol. The first-order valence-electron chi connectivity index (χ1n) is 2.85. The fourth-order valence-corrected chi connectivity index (χ4v) is 0.581. The number of carbonyl (C=O) groups is 1. The molecule has 0 unspecified atom stereocenters. The van der Waals surface area contributed by atoms with Gasteiger partial charge in [-0.15, -0.1) is 0 Å². The number of hydrogen-bond acceptors (Lipinski definition) is 2. The summed E-state index contributed by atoms with van der Waals surface area (Å²) >= 11 is 1.42. The van der Waals surface area contributed by atoms with Gasteiger partial charge in [0.2, 0.25) is 0 Å². The predicted octanol–water partition coefficient (Wildman–Crippen LogP) is 0.447. The van der Waals surface area contributed by atoms with Crippen molar-refractivity contribution >= 4 is 22.6 Å². The van der Waals surface area contributed by atoms with Crippen molar-refractivity contribution in [3.05, 3.63) is 35.9 Å². The first-order valence-corrected chi connectivity index (χ1v) is 3.36. The van der Waals surface area contributed by atoms with E-state index in [1.807, 2.05) is 0 Å². The molecule has 0 fully saturated rings. The van der Waals surface area contributed by atoms with Crippen LogP contribution in [0.5, 0.6) is 0 Å². The molecule has 1 aromatic carbocycles. The molecule has 0 aromatic heterocycles. The van der Waals surface area contributed by atoms with Gasteiger partial charge in [-0.1, -0.05) is 18.2 Å². The third-order valence-corrected chi connectivity index (χ3v) is 1.02. The largest absolute Gasteiger partial charge is 0.529 e. The van der Waals surface area contributed by atoms with Crippen LogP contribution in [-0.2, 0) is 0 Å². The van der Waals surface area contributed by atoms with Crippen LogP contribution in [0.4, 0.5) is 0 Å². The fourth-order valence-electron chi connectivity index (χ4n) is 0.581. The zero-order valence-electron chi connectivity index (χ0n) is 5.77. The van der Waals surface area contributed by atoms with Crippen molar-refractivity contribution in [3.63, 3.8) is 0 Å². The second-order valence-corrected chi connectivity index (χ2v) is 1.67. The highest BCUT2D eigenvalue weighted by Crippen LogP contribution is 1.96. The van der Waals surface area contributed by atoms with Crippen molar-refractivity contribution in [1.82, 2.24) is 0 Å². The van der Waals surface area contributed by atoms with E-state index in [2.05, 4.69) is 0 Å². The van der Waals surface area contributed by atoms with E-state index in [0.717, 1.165) is 0 Å². The van der Waals surface area contributed by atoms with Gasteiger partial charge in [0.1, 0.15) is 0 Å². The van der Waals surface area contributed by atoms with Crippen LogP contribution in [0.1, 0.15) is 10.4 Å². The first kappa shape index (κ1) is 10.2. The molecule has 1 aromatic rings. The van der Waals surface area contributed by atoms with Crippen molar-refractivity contribution < 1.29 is 14.1 Å². The molecule has 1 rings (SSSR count). The second kappa shape index (κ2) is 5.93. The molecule has 2 radical (unpaired) electrons. The van der Waals surface area contributed by atoms with E-state index in [1.165, 1.54) is 16.6 Å². The summed E-state index contributed by atoms with van der Waals surface area (Å²) in [6.45, 7) is 0. The van der Waals surface area contributed by atoms with Gasteiger partial charge in [0.15, 0.2) is 0 Å². The number of carboxylic acids is 1. The van der Waals surface area contributed by atoms with Crippen LogP contribution < -0.4 is 0 Å². The van der Waals surface area contributed by atoms with Crippen LogP contribution in [0.2, 0.25) is 0 Å². The molecule has 56 valence electrons. The zero-order valence-corrected chi connectivity index (χ0v) is 6.92.